The summed E-state index contributed by atoms with van der Waals surface area (Å²) in [7, 11) is 3.77. The smallest absolute Gasteiger partial charge is 0.289 e. The van der Waals surface area contributed by atoms with Gasteiger partial charge in [0, 0.05) is 30.6 Å². The van der Waals surface area contributed by atoms with E-state index in [2.05, 4.69) is 11.9 Å². The lowest BCUT2D eigenvalue weighted by Gasteiger charge is -2.55. The summed E-state index contributed by atoms with van der Waals surface area (Å²) in [6.45, 7) is 2.74. The number of hydrogen-bond acceptors (Lipinski definition) is 4. The molecule has 1 unspecified atom stereocenters. The minimum absolute atomic E-state index is 0.0115. The highest BCUT2D eigenvalue weighted by Crippen LogP contribution is 2.38. The van der Waals surface area contributed by atoms with E-state index >= 15 is 0 Å². The first-order valence-corrected chi connectivity index (χ1v) is 8.20. The van der Waals surface area contributed by atoms with Crippen LogP contribution in [0.15, 0.2) is 28.7 Å². The van der Waals surface area contributed by atoms with E-state index in [0.29, 0.717) is 17.1 Å². The highest BCUT2D eigenvalue weighted by atomic mass is 16.5. The van der Waals surface area contributed by atoms with Crippen LogP contribution in [-0.2, 0) is 0 Å². The monoisotopic (exact) mass is 314 g/mol. The van der Waals surface area contributed by atoms with Gasteiger partial charge in [-0.2, -0.15) is 0 Å². The van der Waals surface area contributed by atoms with Crippen molar-refractivity contribution in [3.8, 4) is 5.75 Å². The number of likely N-dealkylation sites (N-methyl/N-ethyl adjacent to an activating group) is 1. The number of benzene rings is 1. The Kier molecular flexibility index (Phi) is 3.34. The van der Waals surface area contributed by atoms with Crippen molar-refractivity contribution >= 4 is 16.9 Å². The molecule has 0 N–H and O–H groups in total. The number of fused-ring (bicyclic) bond motifs is 1. The van der Waals surface area contributed by atoms with Crippen molar-refractivity contribution in [3.63, 3.8) is 0 Å². The second kappa shape index (κ2) is 5.27. The molecule has 2 saturated heterocycles. The van der Waals surface area contributed by atoms with Crippen molar-refractivity contribution in [2.45, 2.75) is 24.8 Å². The lowest BCUT2D eigenvalue weighted by Crippen LogP contribution is -2.65. The summed E-state index contributed by atoms with van der Waals surface area (Å²) in [6, 6.07) is 7.52. The zero-order chi connectivity index (χ0) is 16.0. The molecule has 4 rings (SSSR count). The van der Waals surface area contributed by atoms with Gasteiger partial charge in [0.25, 0.3) is 5.91 Å². The van der Waals surface area contributed by atoms with Crippen molar-refractivity contribution in [2.75, 3.05) is 33.8 Å². The maximum absolute atomic E-state index is 12.9. The standard InChI is InChI=1S/C18H22N2O3/c1-19-10-8-18(19)7-4-9-20(12-18)17(21)15-11-13-5-3-6-14(22-2)16(13)23-15/h3,5-6,11H,4,7-10,12H2,1-2H3. The third kappa shape index (κ3) is 2.22. The van der Waals surface area contributed by atoms with Gasteiger partial charge in [-0.15, -0.1) is 0 Å². The zero-order valence-electron chi connectivity index (χ0n) is 13.7. The Bertz CT molecular complexity index is 754. The minimum Gasteiger partial charge on any atom is -0.493 e. The van der Waals surface area contributed by atoms with Crippen molar-refractivity contribution in [3.05, 3.63) is 30.0 Å². The second-order valence-electron chi connectivity index (χ2n) is 6.72. The maximum Gasteiger partial charge on any atom is 0.289 e. The fraction of sp³-hybridized carbons (Fsp3) is 0.500. The van der Waals surface area contributed by atoms with E-state index in [1.165, 1.54) is 12.8 Å². The van der Waals surface area contributed by atoms with E-state index in [-0.39, 0.29) is 11.4 Å². The second-order valence-corrected chi connectivity index (χ2v) is 6.72. The molecule has 3 heterocycles. The van der Waals surface area contributed by atoms with Gasteiger partial charge < -0.3 is 14.1 Å². The molecule has 23 heavy (non-hydrogen) atoms. The van der Waals surface area contributed by atoms with E-state index in [9.17, 15) is 4.79 Å². The van der Waals surface area contributed by atoms with Crippen LogP contribution in [0.25, 0.3) is 11.0 Å². The quantitative estimate of drug-likeness (QED) is 0.855. The number of amides is 1. The topological polar surface area (TPSA) is 45.9 Å². The summed E-state index contributed by atoms with van der Waals surface area (Å²) in [5.41, 5.74) is 0.836. The van der Waals surface area contributed by atoms with Gasteiger partial charge in [-0.05, 0) is 38.4 Å². The van der Waals surface area contributed by atoms with Crippen LogP contribution in [0.5, 0.6) is 5.75 Å². The van der Waals surface area contributed by atoms with E-state index in [0.717, 1.165) is 31.4 Å². The number of likely N-dealkylation sites (tertiary alicyclic amines) is 2. The number of carbonyl (C=O) groups is 1. The third-order valence-electron chi connectivity index (χ3n) is 5.50. The molecule has 0 bridgehead atoms. The summed E-state index contributed by atoms with van der Waals surface area (Å²) in [4.78, 5) is 17.2. The molecule has 1 spiro atoms. The van der Waals surface area contributed by atoms with Crippen molar-refractivity contribution in [1.82, 2.24) is 9.80 Å². The number of methoxy groups -OCH3 is 1. The highest BCUT2D eigenvalue weighted by Gasteiger charge is 2.46. The van der Waals surface area contributed by atoms with Gasteiger partial charge in [0.05, 0.1) is 7.11 Å². The van der Waals surface area contributed by atoms with Gasteiger partial charge in [0.1, 0.15) is 0 Å². The van der Waals surface area contributed by atoms with Gasteiger partial charge in [0.15, 0.2) is 17.1 Å². The van der Waals surface area contributed by atoms with Crippen LogP contribution in [0.2, 0.25) is 0 Å². The Morgan fingerprint density at radius 1 is 1.30 bits per heavy atom. The lowest BCUT2D eigenvalue weighted by atomic mass is 9.78. The number of hydrogen-bond donors (Lipinski definition) is 0. The average Bonchev–Trinajstić information content (AvgIpc) is 3.04. The normalized spacial score (nSPS) is 24.9. The molecule has 2 aliphatic heterocycles. The van der Waals surface area contributed by atoms with Crippen LogP contribution >= 0.6 is 0 Å². The van der Waals surface area contributed by atoms with Gasteiger partial charge >= 0.3 is 0 Å². The summed E-state index contributed by atoms with van der Waals surface area (Å²) in [6.07, 6.45) is 3.42. The first kappa shape index (κ1) is 14.6. The lowest BCUT2D eigenvalue weighted by molar-refractivity contribution is -0.0414. The largest absolute Gasteiger partial charge is 0.493 e. The zero-order valence-corrected chi connectivity index (χ0v) is 13.7. The predicted octanol–water partition coefficient (Wildman–Crippen LogP) is 2.75. The summed E-state index contributed by atoms with van der Waals surface area (Å²) in [5, 5.41) is 0.903. The molecule has 1 amide bonds. The van der Waals surface area contributed by atoms with Gasteiger partial charge in [-0.1, -0.05) is 12.1 Å². The van der Waals surface area contributed by atoms with Crippen molar-refractivity contribution < 1.29 is 13.9 Å². The highest BCUT2D eigenvalue weighted by molar-refractivity contribution is 5.97. The van der Waals surface area contributed by atoms with E-state index in [4.69, 9.17) is 9.15 Å². The third-order valence-corrected chi connectivity index (χ3v) is 5.50. The fourth-order valence-corrected chi connectivity index (χ4v) is 3.91. The molecule has 2 aromatic rings. The first-order chi connectivity index (χ1) is 11.1. The van der Waals surface area contributed by atoms with Crippen LogP contribution in [0.3, 0.4) is 0 Å². The maximum atomic E-state index is 12.9. The molecule has 5 nitrogen and oxygen atoms in total. The van der Waals surface area contributed by atoms with Crippen molar-refractivity contribution in [1.29, 1.82) is 0 Å². The Hall–Kier alpha value is -2.01. The van der Waals surface area contributed by atoms with Crippen LogP contribution < -0.4 is 4.74 Å². The molecule has 2 fully saturated rings. The van der Waals surface area contributed by atoms with Gasteiger partial charge in [-0.25, -0.2) is 0 Å². The number of furan rings is 1. The molecule has 1 aromatic heterocycles. The van der Waals surface area contributed by atoms with Crippen LogP contribution in [-0.4, -0.2) is 55.0 Å². The molecule has 2 aliphatic rings. The van der Waals surface area contributed by atoms with Crippen LogP contribution in [0.4, 0.5) is 0 Å². The Morgan fingerprint density at radius 3 is 2.87 bits per heavy atom. The fourth-order valence-electron chi connectivity index (χ4n) is 3.91. The molecule has 0 radical (unpaired) electrons. The molecule has 5 heteroatoms. The summed E-state index contributed by atoms with van der Waals surface area (Å²) < 4.78 is 11.1. The molecule has 122 valence electrons. The Balaban J connectivity index is 1.61. The number of rotatable bonds is 2. The number of carbonyl (C=O) groups excluding carboxylic acids is 1. The molecule has 0 saturated carbocycles. The summed E-state index contributed by atoms with van der Waals surface area (Å²) in [5.74, 6) is 1.06. The Labute approximate surface area is 135 Å². The van der Waals surface area contributed by atoms with Crippen LogP contribution in [0, 0.1) is 0 Å². The van der Waals surface area contributed by atoms with Crippen molar-refractivity contribution in [2.24, 2.45) is 0 Å². The number of ether oxygens (including phenoxy) is 1. The van der Waals surface area contributed by atoms with E-state index in [1.807, 2.05) is 29.2 Å². The average molecular weight is 314 g/mol. The molecule has 1 aromatic carbocycles. The predicted molar refractivity (Wildman–Crippen MR) is 87.9 cm³/mol. The van der Waals surface area contributed by atoms with Crippen LogP contribution in [0.1, 0.15) is 29.8 Å². The van der Waals surface area contributed by atoms with Gasteiger partial charge in [0.2, 0.25) is 0 Å². The number of nitrogens with zero attached hydrogens (tertiary/aromatic N) is 2. The SMILES string of the molecule is COc1cccc2cc(C(=O)N3CCCC4(CCN4C)C3)oc12. The Morgan fingerprint density at radius 2 is 2.17 bits per heavy atom. The molecule has 0 aliphatic carbocycles. The molecular formula is C18H22N2O3. The molecule has 1 atom stereocenters. The summed E-state index contributed by atoms with van der Waals surface area (Å²) >= 11 is 0. The first-order valence-electron chi connectivity index (χ1n) is 8.20. The number of para-hydroxylation sites is 1. The number of piperidine rings is 1. The molecular weight excluding hydrogens is 292 g/mol. The van der Waals surface area contributed by atoms with E-state index in [1.54, 1.807) is 7.11 Å². The minimum atomic E-state index is -0.0115. The van der Waals surface area contributed by atoms with E-state index < -0.39 is 0 Å². The van der Waals surface area contributed by atoms with Gasteiger partial charge in [-0.3, -0.25) is 9.69 Å².